The van der Waals surface area contributed by atoms with Crippen molar-refractivity contribution in [3.8, 4) is 5.75 Å². The number of ether oxygens (including phenoxy) is 1. The number of hydrogen-bond acceptors (Lipinski definition) is 5. The first-order valence-electron chi connectivity index (χ1n) is 8.83. The van der Waals surface area contributed by atoms with Crippen LogP contribution in [0.2, 0.25) is 0 Å². The summed E-state index contributed by atoms with van der Waals surface area (Å²) in [6, 6.07) is 10.7. The highest BCUT2D eigenvalue weighted by Gasteiger charge is 2.16. The quantitative estimate of drug-likeness (QED) is 0.863. The maximum Gasteiger partial charge on any atom is 0.323 e. The molecule has 2 amide bonds. The van der Waals surface area contributed by atoms with E-state index in [4.69, 9.17) is 4.74 Å². The van der Waals surface area contributed by atoms with Gasteiger partial charge in [0.25, 0.3) is 0 Å². The van der Waals surface area contributed by atoms with Crippen LogP contribution in [0.3, 0.4) is 0 Å². The van der Waals surface area contributed by atoms with E-state index < -0.39 is 0 Å². The van der Waals surface area contributed by atoms with Crippen molar-refractivity contribution in [2.24, 2.45) is 0 Å². The Kier molecular flexibility index (Phi) is 5.91. The molecule has 3 rings (SSSR count). The van der Waals surface area contributed by atoms with Crippen LogP contribution in [-0.4, -0.2) is 55.7 Å². The van der Waals surface area contributed by atoms with E-state index in [1.54, 1.807) is 25.4 Å². The predicted molar refractivity (Wildman–Crippen MR) is 104 cm³/mol. The van der Waals surface area contributed by atoms with Gasteiger partial charge in [0.15, 0.2) is 0 Å². The molecular formula is C19H25N5O2. The fourth-order valence-corrected chi connectivity index (χ4v) is 2.93. The zero-order chi connectivity index (χ0) is 18.4. The third-order valence-corrected chi connectivity index (χ3v) is 4.48. The van der Waals surface area contributed by atoms with Crippen molar-refractivity contribution >= 4 is 23.2 Å². The van der Waals surface area contributed by atoms with Gasteiger partial charge in [0, 0.05) is 37.9 Å². The number of nitrogens with one attached hydrogen (secondary N) is 2. The maximum atomic E-state index is 12.1. The van der Waals surface area contributed by atoms with Crippen LogP contribution in [0.1, 0.15) is 6.92 Å². The van der Waals surface area contributed by atoms with Gasteiger partial charge in [0.1, 0.15) is 11.6 Å². The number of methoxy groups -OCH3 is 1. The molecule has 1 aromatic carbocycles. The SMILES string of the molecule is CCN1CCN(c2ccc(NC(=O)Nc3cccc(OC)c3)cn2)CC1. The average Bonchev–Trinajstić information content (AvgIpc) is 2.69. The standard InChI is InChI=1S/C19H25N5O2/c1-3-23-9-11-24(12-10-23)18-8-7-16(14-20-18)22-19(25)21-15-5-4-6-17(13-15)26-2/h4-8,13-14H,3,9-12H2,1-2H3,(H2,21,22,25). The fraction of sp³-hybridized carbons (Fsp3) is 0.368. The summed E-state index contributed by atoms with van der Waals surface area (Å²) < 4.78 is 5.15. The Morgan fingerprint density at radius 2 is 1.88 bits per heavy atom. The predicted octanol–water partition coefficient (Wildman–Crippen LogP) is 2.88. The molecule has 0 radical (unpaired) electrons. The molecular weight excluding hydrogens is 330 g/mol. The molecule has 0 unspecified atom stereocenters. The van der Waals surface area contributed by atoms with Crippen LogP contribution in [0.4, 0.5) is 22.0 Å². The van der Waals surface area contributed by atoms with E-state index in [9.17, 15) is 4.79 Å². The fourth-order valence-electron chi connectivity index (χ4n) is 2.93. The molecule has 0 aliphatic carbocycles. The third kappa shape index (κ3) is 4.64. The average molecular weight is 355 g/mol. The number of piperazine rings is 1. The number of anilines is 3. The molecule has 138 valence electrons. The molecule has 7 heteroatoms. The number of likely N-dealkylation sites (N-methyl/N-ethyl adjacent to an activating group) is 1. The summed E-state index contributed by atoms with van der Waals surface area (Å²) in [6.45, 7) is 7.34. The van der Waals surface area contributed by atoms with Gasteiger partial charge in [0.05, 0.1) is 19.0 Å². The second-order valence-corrected chi connectivity index (χ2v) is 6.14. The van der Waals surface area contributed by atoms with Crippen molar-refractivity contribution in [1.82, 2.24) is 9.88 Å². The third-order valence-electron chi connectivity index (χ3n) is 4.48. The smallest absolute Gasteiger partial charge is 0.323 e. The van der Waals surface area contributed by atoms with Crippen LogP contribution < -0.4 is 20.3 Å². The first kappa shape index (κ1) is 18.0. The zero-order valence-corrected chi connectivity index (χ0v) is 15.2. The van der Waals surface area contributed by atoms with Gasteiger partial charge in [-0.2, -0.15) is 0 Å². The molecule has 2 aromatic rings. The second-order valence-electron chi connectivity index (χ2n) is 6.14. The van der Waals surface area contributed by atoms with Crippen molar-refractivity contribution in [2.75, 3.05) is 55.4 Å². The lowest BCUT2D eigenvalue weighted by atomic mass is 10.3. The number of benzene rings is 1. The molecule has 1 aliphatic rings. The van der Waals surface area contributed by atoms with Gasteiger partial charge in [-0.25, -0.2) is 9.78 Å². The first-order valence-corrected chi connectivity index (χ1v) is 8.83. The summed E-state index contributed by atoms with van der Waals surface area (Å²) in [6.07, 6.45) is 1.69. The van der Waals surface area contributed by atoms with Gasteiger partial charge in [0.2, 0.25) is 0 Å². The zero-order valence-electron chi connectivity index (χ0n) is 15.2. The normalized spacial score (nSPS) is 14.8. The number of pyridine rings is 1. The minimum atomic E-state index is -0.315. The van der Waals surface area contributed by atoms with Crippen LogP contribution in [0, 0.1) is 0 Å². The number of nitrogens with zero attached hydrogens (tertiary/aromatic N) is 3. The van der Waals surface area contributed by atoms with E-state index in [-0.39, 0.29) is 6.03 Å². The van der Waals surface area contributed by atoms with Gasteiger partial charge < -0.3 is 25.2 Å². The molecule has 0 saturated carbocycles. The summed E-state index contributed by atoms with van der Waals surface area (Å²) in [5.74, 6) is 1.64. The highest BCUT2D eigenvalue weighted by molar-refractivity contribution is 5.99. The molecule has 1 aliphatic heterocycles. The van der Waals surface area contributed by atoms with Crippen LogP contribution >= 0.6 is 0 Å². The molecule has 0 spiro atoms. The van der Waals surface area contributed by atoms with Crippen LogP contribution in [0.25, 0.3) is 0 Å². The highest BCUT2D eigenvalue weighted by Crippen LogP contribution is 2.18. The van der Waals surface area contributed by atoms with Gasteiger partial charge in [-0.3, -0.25) is 0 Å². The van der Waals surface area contributed by atoms with Crippen molar-refractivity contribution in [3.05, 3.63) is 42.6 Å². The number of rotatable bonds is 5. The number of amides is 2. The number of aromatic nitrogens is 1. The lowest BCUT2D eigenvalue weighted by Crippen LogP contribution is -2.46. The Balaban J connectivity index is 1.54. The van der Waals surface area contributed by atoms with E-state index in [1.165, 1.54) is 0 Å². The summed E-state index contributed by atoms with van der Waals surface area (Å²) in [7, 11) is 1.59. The van der Waals surface area contributed by atoms with Gasteiger partial charge in [-0.15, -0.1) is 0 Å². The van der Waals surface area contributed by atoms with Crippen LogP contribution in [0.15, 0.2) is 42.6 Å². The lowest BCUT2D eigenvalue weighted by molar-refractivity contribution is 0.262. The molecule has 2 heterocycles. The minimum Gasteiger partial charge on any atom is -0.497 e. The maximum absolute atomic E-state index is 12.1. The molecule has 1 aromatic heterocycles. The molecule has 26 heavy (non-hydrogen) atoms. The number of carbonyl (C=O) groups excluding carboxylic acids is 1. The van der Waals surface area contributed by atoms with E-state index in [0.29, 0.717) is 17.1 Å². The minimum absolute atomic E-state index is 0.315. The Labute approximate surface area is 154 Å². The van der Waals surface area contributed by atoms with Crippen LogP contribution in [-0.2, 0) is 0 Å². The number of urea groups is 1. The largest absolute Gasteiger partial charge is 0.497 e. The first-order chi connectivity index (χ1) is 12.7. The molecule has 1 saturated heterocycles. The molecule has 2 N–H and O–H groups in total. The number of hydrogen-bond donors (Lipinski definition) is 2. The molecule has 7 nitrogen and oxygen atoms in total. The van der Waals surface area contributed by atoms with Crippen molar-refractivity contribution in [1.29, 1.82) is 0 Å². The summed E-state index contributed by atoms with van der Waals surface area (Å²) in [5, 5.41) is 5.57. The number of carbonyl (C=O) groups is 1. The van der Waals surface area contributed by atoms with Gasteiger partial charge in [-0.1, -0.05) is 13.0 Å². The van der Waals surface area contributed by atoms with Gasteiger partial charge >= 0.3 is 6.03 Å². The Hall–Kier alpha value is -2.80. The van der Waals surface area contributed by atoms with E-state index in [1.807, 2.05) is 24.3 Å². The Bertz CT molecular complexity index is 727. The van der Waals surface area contributed by atoms with E-state index in [0.717, 1.165) is 38.5 Å². The summed E-state index contributed by atoms with van der Waals surface area (Å²) in [4.78, 5) is 21.3. The molecule has 0 atom stereocenters. The Morgan fingerprint density at radius 3 is 2.54 bits per heavy atom. The molecule has 0 bridgehead atoms. The van der Waals surface area contributed by atoms with Crippen molar-refractivity contribution in [2.45, 2.75) is 6.92 Å². The topological polar surface area (TPSA) is 69.7 Å². The Morgan fingerprint density at radius 1 is 1.12 bits per heavy atom. The summed E-state index contributed by atoms with van der Waals surface area (Å²) >= 11 is 0. The van der Waals surface area contributed by atoms with Crippen molar-refractivity contribution in [3.63, 3.8) is 0 Å². The van der Waals surface area contributed by atoms with Crippen LogP contribution in [0.5, 0.6) is 5.75 Å². The van der Waals surface area contributed by atoms with Crippen molar-refractivity contribution < 1.29 is 9.53 Å². The monoisotopic (exact) mass is 355 g/mol. The highest BCUT2D eigenvalue weighted by atomic mass is 16.5. The summed E-state index contributed by atoms with van der Waals surface area (Å²) in [5.41, 5.74) is 1.32. The van der Waals surface area contributed by atoms with E-state index in [2.05, 4.69) is 32.3 Å². The van der Waals surface area contributed by atoms with E-state index >= 15 is 0 Å². The van der Waals surface area contributed by atoms with Gasteiger partial charge in [-0.05, 0) is 30.8 Å². The molecule has 1 fully saturated rings. The second kappa shape index (κ2) is 8.53. The lowest BCUT2D eigenvalue weighted by Gasteiger charge is -2.34.